The Balaban J connectivity index is 1.73. The van der Waals surface area contributed by atoms with Crippen LogP contribution in [0.2, 0.25) is 0 Å². The Morgan fingerprint density at radius 2 is 1.72 bits per heavy atom. The second-order valence-electron chi connectivity index (χ2n) is 5.51. The van der Waals surface area contributed by atoms with Crippen molar-refractivity contribution in [2.75, 3.05) is 7.05 Å². The van der Waals surface area contributed by atoms with Gasteiger partial charge in [0.25, 0.3) is 0 Å². The summed E-state index contributed by atoms with van der Waals surface area (Å²) in [5, 5.41) is 1.99. The van der Waals surface area contributed by atoms with Crippen LogP contribution in [0, 0.1) is 0 Å². The molecule has 25 heavy (non-hydrogen) atoms. The molecule has 0 aliphatic heterocycles. The lowest BCUT2D eigenvalue weighted by Gasteiger charge is -2.17. The molecule has 0 aliphatic carbocycles. The van der Waals surface area contributed by atoms with E-state index in [9.17, 15) is 8.42 Å². The number of rotatable bonds is 6. The Hall–Kier alpha value is -2.28. The fraction of sp³-hybridized carbons (Fsp3) is 0.105. The standard InChI is InChI=1S/C19H18N2O2S2/c1-21(15-16-6-3-2-4-7-16)25(22,23)19-11-9-17(10-12-19)20-14-18-8-5-13-24-18/h2-14H,15H2,1H3. The molecular weight excluding hydrogens is 352 g/mol. The molecule has 0 aliphatic rings. The number of sulfonamides is 1. The van der Waals surface area contributed by atoms with Crippen LogP contribution in [0.1, 0.15) is 10.4 Å². The van der Waals surface area contributed by atoms with Crippen molar-refractivity contribution in [3.05, 3.63) is 82.6 Å². The molecule has 0 unspecified atom stereocenters. The first-order chi connectivity index (χ1) is 12.1. The molecule has 0 fully saturated rings. The number of thiophene rings is 1. The van der Waals surface area contributed by atoms with E-state index in [1.165, 1.54) is 4.31 Å². The Labute approximate surface area is 152 Å². The normalized spacial score (nSPS) is 12.1. The minimum absolute atomic E-state index is 0.265. The molecule has 2 aromatic carbocycles. The quantitative estimate of drug-likeness (QED) is 0.607. The largest absolute Gasteiger partial charge is 0.255 e. The van der Waals surface area contributed by atoms with Gasteiger partial charge in [-0.15, -0.1) is 11.3 Å². The molecule has 0 atom stereocenters. The zero-order chi connectivity index (χ0) is 17.7. The molecule has 0 saturated carbocycles. The summed E-state index contributed by atoms with van der Waals surface area (Å²) in [4.78, 5) is 5.68. The third-order valence-electron chi connectivity index (χ3n) is 3.68. The van der Waals surface area contributed by atoms with Gasteiger partial charge in [-0.05, 0) is 41.3 Å². The summed E-state index contributed by atoms with van der Waals surface area (Å²) < 4.78 is 26.7. The van der Waals surface area contributed by atoms with Crippen LogP contribution < -0.4 is 0 Å². The third-order valence-corrected chi connectivity index (χ3v) is 6.30. The van der Waals surface area contributed by atoms with E-state index in [1.807, 2.05) is 47.8 Å². The van der Waals surface area contributed by atoms with Crippen LogP contribution in [0.4, 0.5) is 5.69 Å². The molecule has 0 amide bonds. The summed E-state index contributed by atoms with van der Waals surface area (Å²) in [6.07, 6.45) is 1.77. The van der Waals surface area contributed by atoms with Gasteiger partial charge in [0, 0.05) is 24.7 Å². The van der Waals surface area contributed by atoms with Gasteiger partial charge < -0.3 is 0 Å². The highest BCUT2D eigenvalue weighted by molar-refractivity contribution is 7.89. The maximum absolute atomic E-state index is 12.7. The van der Waals surface area contributed by atoms with E-state index < -0.39 is 10.0 Å². The highest BCUT2D eigenvalue weighted by Gasteiger charge is 2.20. The minimum Gasteiger partial charge on any atom is -0.255 e. The van der Waals surface area contributed by atoms with E-state index in [0.717, 1.165) is 16.1 Å². The highest BCUT2D eigenvalue weighted by atomic mass is 32.2. The van der Waals surface area contributed by atoms with Crippen molar-refractivity contribution in [1.82, 2.24) is 4.31 Å². The lowest BCUT2D eigenvalue weighted by atomic mass is 10.2. The van der Waals surface area contributed by atoms with Gasteiger partial charge in [0.15, 0.2) is 0 Å². The predicted octanol–water partition coefficient (Wildman–Crippen LogP) is 4.32. The SMILES string of the molecule is CN(Cc1ccccc1)S(=O)(=O)c1ccc(N=Cc2cccs2)cc1. The number of hydrogen-bond acceptors (Lipinski definition) is 4. The molecular formula is C19H18N2O2S2. The zero-order valence-corrected chi connectivity index (χ0v) is 15.4. The predicted molar refractivity (Wildman–Crippen MR) is 103 cm³/mol. The first-order valence-corrected chi connectivity index (χ1v) is 10.1. The van der Waals surface area contributed by atoms with Gasteiger partial charge in [0.1, 0.15) is 0 Å². The first kappa shape index (κ1) is 17.5. The monoisotopic (exact) mass is 370 g/mol. The molecule has 3 rings (SSSR count). The van der Waals surface area contributed by atoms with Crippen molar-refractivity contribution in [2.45, 2.75) is 11.4 Å². The second-order valence-corrected chi connectivity index (χ2v) is 8.54. The van der Waals surface area contributed by atoms with Crippen LogP contribution in [0.25, 0.3) is 0 Å². The van der Waals surface area contributed by atoms with E-state index in [2.05, 4.69) is 4.99 Å². The fourth-order valence-electron chi connectivity index (χ4n) is 2.31. The summed E-state index contributed by atoms with van der Waals surface area (Å²) >= 11 is 1.60. The number of hydrogen-bond donors (Lipinski definition) is 0. The maximum atomic E-state index is 12.7. The van der Waals surface area contributed by atoms with Gasteiger partial charge in [-0.2, -0.15) is 4.31 Å². The van der Waals surface area contributed by atoms with Gasteiger partial charge >= 0.3 is 0 Å². The van der Waals surface area contributed by atoms with Crippen LogP contribution >= 0.6 is 11.3 Å². The lowest BCUT2D eigenvalue weighted by molar-refractivity contribution is 0.467. The highest BCUT2D eigenvalue weighted by Crippen LogP contribution is 2.21. The van der Waals surface area contributed by atoms with Crippen molar-refractivity contribution in [1.29, 1.82) is 0 Å². The van der Waals surface area contributed by atoms with Crippen molar-refractivity contribution in [3.63, 3.8) is 0 Å². The molecule has 0 bridgehead atoms. The van der Waals surface area contributed by atoms with E-state index in [4.69, 9.17) is 0 Å². The average molecular weight is 370 g/mol. The van der Waals surface area contributed by atoms with Crippen LogP contribution in [-0.2, 0) is 16.6 Å². The third kappa shape index (κ3) is 4.42. The summed E-state index contributed by atoms with van der Waals surface area (Å²) in [6, 6.07) is 20.1. The smallest absolute Gasteiger partial charge is 0.243 e. The molecule has 1 aromatic heterocycles. The van der Waals surface area contributed by atoms with Gasteiger partial charge in [-0.25, -0.2) is 8.42 Å². The second kappa shape index (κ2) is 7.74. The van der Waals surface area contributed by atoms with E-state index in [-0.39, 0.29) is 4.90 Å². The average Bonchev–Trinajstić information content (AvgIpc) is 3.15. The molecule has 0 N–H and O–H groups in total. The Morgan fingerprint density at radius 1 is 1.00 bits per heavy atom. The Morgan fingerprint density at radius 3 is 2.36 bits per heavy atom. The number of nitrogens with zero attached hydrogens (tertiary/aromatic N) is 2. The molecule has 0 saturated heterocycles. The van der Waals surface area contributed by atoms with Gasteiger partial charge in [0.05, 0.1) is 10.6 Å². The van der Waals surface area contributed by atoms with Crippen LogP contribution in [0.15, 0.2) is 82.0 Å². The van der Waals surface area contributed by atoms with Crippen LogP contribution in [0.5, 0.6) is 0 Å². The number of benzene rings is 2. The van der Waals surface area contributed by atoms with Crippen LogP contribution in [-0.4, -0.2) is 26.0 Å². The molecule has 0 spiro atoms. The van der Waals surface area contributed by atoms with Crippen molar-refractivity contribution in [3.8, 4) is 0 Å². The molecule has 3 aromatic rings. The minimum atomic E-state index is -3.53. The van der Waals surface area contributed by atoms with E-state index in [1.54, 1.807) is 48.9 Å². The number of aliphatic imine (C=N–C) groups is 1. The van der Waals surface area contributed by atoms with E-state index in [0.29, 0.717) is 6.54 Å². The maximum Gasteiger partial charge on any atom is 0.243 e. The van der Waals surface area contributed by atoms with Crippen molar-refractivity contribution in [2.24, 2.45) is 4.99 Å². The molecule has 4 nitrogen and oxygen atoms in total. The fourth-order valence-corrected chi connectivity index (χ4v) is 4.06. The summed E-state index contributed by atoms with van der Waals surface area (Å²) in [6.45, 7) is 0.335. The molecule has 6 heteroatoms. The molecule has 0 radical (unpaired) electrons. The van der Waals surface area contributed by atoms with Gasteiger partial charge in [-0.3, -0.25) is 4.99 Å². The molecule has 128 valence electrons. The van der Waals surface area contributed by atoms with E-state index >= 15 is 0 Å². The topological polar surface area (TPSA) is 49.7 Å². The summed E-state index contributed by atoms with van der Waals surface area (Å²) in [5.41, 5.74) is 1.67. The first-order valence-electron chi connectivity index (χ1n) is 7.73. The lowest BCUT2D eigenvalue weighted by Crippen LogP contribution is -2.26. The van der Waals surface area contributed by atoms with Crippen molar-refractivity contribution >= 4 is 33.3 Å². The Kier molecular flexibility index (Phi) is 5.43. The summed E-state index contributed by atoms with van der Waals surface area (Å²) in [5.74, 6) is 0. The van der Waals surface area contributed by atoms with Gasteiger partial charge in [0.2, 0.25) is 10.0 Å². The zero-order valence-electron chi connectivity index (χ0n) is 13.7. The molecule has 1 heterocycles. The Bertz CT molecular complexity index is 933. The van der Waals surface area contributed by atoms with Gasteiger partial charge in [-0.1, -0.05) is 36.4 Å². The summed E-state index contributed by atoms with van der Waals surface area (Å²) in [7, 11) is -1.94. The van der Waals surface area contributed by atoms with Crippen LogP contribution in [0.3, 0.4) is 0 Å². The van der Waals surface area contributed by atoms with Crippen molar-refractivity contribution < 1.29 is 8.42 Å².